The SMILES string of the molecule is N#Cc1ccc(NC(=O)c2ccc(I)c(Cl)c2)cc1Cl. The summed E-state index contributed by atoms with van der Waals surface area (Å²) in [5, 5.41) is 12.3. The number of amides is 1. The maximum Gasteiger partial charge on any atom is 0.255 e. The predicted octanol–water partition coefficient (Wildman–Crippen LogP) is 4.72. The number of nitriles is 1. The van der Waals surface area contributed by atoms with Gasteiger partial charge in [0.1, 0.15) is 6.07 Å². The molecule has 1 N–H and O–H groups in total. The van der Waals surface area contributed by atoms with Crippen molar-refractivity contribution < 1.29 is 4.79 Å². The van der Waals surface area contributed by atoms with Crippen LogP contribution in [0.1, 0.15) is 15.9 Å². The van der Waals surface area contributed by atoms with E-state index in [-0.39, 0.29) is 5.91 Å². The molecule has 0 aromatic heterocycles. The molecular weight excluding hydrogens is 410 g/mol. The van der Waals surface area contributed by atoms with Crippen molar-refractivity contribution in [3.63, 3.8) is 0 Å². The van der Waals surface area contributed by atoms with E-state index in [1.165, 1.54) is 6.07 Å². The van der Waals surface area contributed by atoms with Crippen LogP contribution in [-0.4, -0.2) is 5.91 Å². The number of nitrogens with zero attached hydrogens (tertiary/aromatic N) is 1. The van der Waals surface area contributed by atoms with Crippen LogP contribution in [0, 0.1) is 14.9 Å². The van der Waals surface area contributed by atoms with Gasteiger partial charge in [-0.05, 0) is 59.0 Å². The molecule has 0 aliphatic heterocycles. The second-order valence-electron chi connectivity index (χ2n) is 3.89. The summed E-state index contributed by atoms with van der Waals surface area (Å²) in [6.07, 6.45) is 0. The lowest BCUT2D eigenvalue weighted by Crippen LogP contribution is -2.12. The minimum absolute atomic E-state index is 0.288. The number of carbonyl (C=O) groups is 1. The van der Waals surface area contributed by atoms with Gasteiger partial charge in [-0.3, -0.25) is 4.79 Å². The van der Waals surface area contributed by atoms with Gasteiger partial charge in [0, 0.05) is 14.8 Å². The van der Waals surface area contributed by atoms with Gasteiger partial charge in [-0.1, -0.05) is 23.2 Å². The third-order valence-corrected chi connectivity index (χ3v) is 4.41. The van der Waals surface area contributed by atoms with Crippen molar-refractivity contribution in [3.05, 3.63) is 61.1 Å². The zero-order valence-corrected chi connectivity index (χ0v) is 13.6. The normalized spacial score (nSPS) is 9.90. The van der Waals surface area contributed by atoms with Crippen LogP contribution in [0.15, 0.2) is 36.4 Å². The van der Waals surface area contributed by atoms with Gasteiger partial charge in [0.15, 0.2) is 0 Å². The molecule has 0 bridgehead atoms. The number of halogens is 3. The Kier molecular flexibility index (Phi) is 4.86. The first-order chi connectivity index (χ1) is 9.51. The Labute approximate surface area is 139 Å². The molecule has 0 atom stereocenters. The Morgan fingerprint density at radius 3 is 2.50 bits per heavy atom. The number of nitrogens with one attached hydrogen (secondary N) is 1. The van der Waals surface area contributed by atoms with Crippen LogP contribution in [0.2, 0.25) is 10.0 Å². The van der Waals surface area contributed by atoms with Crippen LogP contribution in [0.5, 0.6) is 0 Å². The lowest BCUT2D eigenvalue weighted by molar-refractivity contribution is 0.102. The van der Waals surface area contributed by atoms with Crippen LogP contribution in [0.4, 0.5) is 5.69 Å². The van der Waals surface area contributed by atoms with Crippen LogP contribution in [0.25, 0.3) is 0 Å². The third kappa shape index (κ3) is 3.42. The molecule has 100 valence electrons. The maximum absolute atomic E-state index is 12.1. The number of hydrogen-bond acceptors (Lipinski definition) is 2. The summed E-state index contributed by atoms with van der Waals surface area (Å²) < 4.78 is 0.877. The van der Waals surface area contributed by atoms with Gasteiger partial charge < -0.3 is 5.32 Å². The fraction of sp³-hybridized carbons (Fsp3) is 0. The highest BCUT2D eigenvalue weighted by Crippen LogP contribution is 2.22. The first-order valence-corrected chi connectivity index (χ1v) is 7.31. The van der Waals surface area contributed by atoms with Crippen LogP contribution in [0.3, 0.4) is 0 Å². The molecular formula is C14H7Cl2IN2O. The van der Waals surface area contributed by atoms with Gasteiger partial charge in [-0.2, -0.15) is 5.26 Å². The Morgan fingerprint density at radius 2 is 1.90 bits per heavy atom. The summed E-state index contributed by atoms with van der Waals surface area (Å²) in [6.45, 7) is 0. The number of benzene rings is 2. The Morgan fingerprint density at radius 1 is 1.15 bits per heavy atom. The molecule has 0 aliphatic carbocycles. The topological polar surface area (TPSA) is 52.9 Å². The number of anilines is 1. The molecule has 6 heteroatoms. The summed E-state index contributed by atoms with van der Waals surface area (Å²) >= 11 is 14.0. The first kappa shape index (κ1) is 15.1. The largest absolute Gasteiger partial charge is 0.322 e. The van der Waals surface area contributed by atoms with E-state index in [2.05, 4.69) is 27.9 Å². The molecule has 0 radical (unpaired) electrons. The van der Waals surface area contributed by atoms with Crippen molar-refractivity contribution in [1.82, 2.24) is 0 Å². The first-order valence-electron chi connectivity index (χ1n) is 5.47. The van der Waals surface area contributed by atoms with Crippen molar-refractivity contribution in [1.29, 1.82) is 5.26 Å². The van der Waals surface area contributed by atoms with Gasteiger partial charge in [0.25, 0.3) is 5.91 Å². The van der Waals surface area contributed by atoms with Gasteiger partial charge >= 0.3 is 0 Å². The fourth-order valence-electron chi connectivity index (χ4n) is 1.52. The zero-order valence-electron chi connectivity index (χ0n) is 9.95. The summed E-state index contributed by atoms with van der Waals surface area (Å²) in [6, 6.07) is 11.7. The molecule has 20 heavy (non-hydrogen) atoms. The van der Waals surface area contributed by atoms with E-state index in [0.29, 0.717) is 26.9 Å². The molecule has 0 fully saturated rings. The highest BCUT2D eigenvalue weighted by Gasteiger charge is 2.09. The smallest absolute Gasteiger partial charge is 0.255 e. The van der Waals surface area contributed by atoms with E-state index in [1.807, 2.05) is 6.07 Å². The van der Waals surface area contributed by atoms with E-state index >= 15 is 0 Å². The standard InChI is InChI=1S/C14H7Cl2IN2O/c15-11-6-10(3-1-9(11)7-18)19-14(20)8-2-4-13(17)12(16)5-8/h1-6H,(H,19,20). The van der Waals surface area contributed by atoms with E-state index in [0.717, 1.165) is 3.57 Å². The van der Waals surface area contributed by atoms with Gasteiger partial charge in [-0.25, -0.2) is 0 Å². The predicted molar refractivity (Wildman–Crippen MR) is 88.3 cm³/mol. The van der Waals surface area contributed by atoms with Crippen molar-refractivity contribution in [2.45, 2.75) is 0 Å². The summed E-state index contributed by atoms with van der Waals surface area (Å²) in [5.74, 6) is -0.288. The van der Waals surface area contributed by atoms with E-state index in [1.54, 1.807) is 30.3 Å². The summed E-state index contributed by atoms with van der Waals surface area (Å²) in [4.78, 5) is 12.1. The number of hydrogen-bond donors (Lipinski definition) is 1. The molecule has 0 heterocycles. The van der Waals surface area contributed by atoms with E-state index < -0.39 is 0 Å². The van der Waals surface area contributed by atoms with Gasteiger partial charge in [0.05, 0.1) is 15.6 Å². The Hall–Kier alpha value is -1.29. The lowest BCUT2D eigenvalue weighted by atomic mass is 10.2. The average molecular weight is 417 g/mol. The van der Waals surface area contributed by atoms with E-state index in [9.17, 15) is 4.79 Å². The minimum atomic E-state index is -0.288. The zero-order chi connectivity index (χ0) is 14.7. The average Bonchev–Trinajstić information content (AvgIpc) is 2.42. The molecule has 0 unspecified atom stereocenters. The molecule has 0 aliphatic rings. The molecule has 3 nitrogen and oxygen atoms in total. The molecule has 1 amide bonds. The maximum atomic E-state index is 12.1. The molecule has 2 rings (SSSR count). The van der Waals surface area contributed by atoms with Crippen molar-refractivity contribution in [2.75, 3.05) is 5.32 Å². The molecule has 0 saturated carbocycles. The van der Waals surface area contributed by atoms with Crippen molar-refractivity contribution >= 4 is 57.4 Å². The highest BCUT2D eigenvalue weighted by molar-refractivity contribution is 14.1. The fourth-order valence-corrected chi connectivity index (χ4v) is 2.26. The molecule has 2 aromatic rings. The van der Waals surface area contributed by atoms with Crippen LogP contribution < -0.4 is 5.32 Å². The number of carbonyl (C=O) groups excluding carboxylic acids is 1. The van der Waals surface area contributed by atoms with Gasteiger partial charge in [0.2, 0.25) is 0 Å². The summed E-state index contributed by atoms with van der Waals surface area (Å²) in [7, 11) is 0. The van der Waals surface area contributed by atoms with Crippen LogP contribution in [-0.2, 0) is 0 Å². The number of rotatable bonds is 2. The monoisotopic (exact) mass is 416 g/mol. The second-order valence-corrected chi connectivity index (χ2v) is 5.87. The van der Waals surface area contributed by atoms with Gasteiger partial charge in [-0.15, -0.1) is 0 Å². The minimum Gasteiger partial charge on any atom is -0.322 e. The second kappa shape index (κ2) is 6.44. The molecule has 0 spiro atoms. The highest BCUT2D eigenvalue weighted by atomic mass is 127. The third-order valence-electron chi connectivity index (χ3n) is 2.53. The summed E-state index contributed by atoms with van der Waals surface area (Å²) in [5.41, 5.74) is 1.34. The Bertz CT molecular complexity index is 726. The van der Waals surface area contributed by atoms with Crippen molar-refractivity contribution in [2.24, 2.45) is 0 Å². The quantitative estimate of drug-likeness (QED) is 0.720. The van der Waals surface area contributed by atoms with Crippen molar-refractivity contribution in [3.8, 4) is 6.07 Å². The molecule has 0 saturated heterocycles. The lowest BCUT2D eigenvalue weighted by Gasteiger charge is -2.07. The Balaban J connectivity index is 2.21. The van der Waals surface area contributed by atoms with E-state index in [4.69, 9.17) is 28.5 Å². The van der Waals surface area contributed by atoms with Crippen LogP contribution >= 0.6 is 45.8 Å². The molecule has 2 aromatic carbocycles.